The van der Waals surface area contributed by atoms with E-state index in [1.807, 2.05) is 0 Å². The van der Waals surface area contributed by atoms with Crippen molar-refractivity contribution in [1.82, 2.24) is 19.3 Å². The molecule has 0 amide bonds. The molecule has 0 aliphatic rings. The van der Waals surface area contributed by atoms with Crippen molar-refractivity contribution in [2.75, 3.05) is 0 Å². The maximum Gasteiger partial charge on any atom is 0.451 e. The van der Waals surface area contributed by atoms with Crippen molar-refractivity contribution in [1.29, 1.82) is 0 Å². The van der Waals surface area contributed by atoms with E-state index in [2.05, 4.69) is 9.97 Å². The lowest BCUT2D eigenvalue weighted by Gasteiger charge is -2.21. The van der Waals surface area contributed by atoms with Crippen LogP contribution in [0.15, 0.2) is 121 Å². The third kappa shape index (κ3) is 4.85. The maximum atomic E-state index is 14.9. The molecule has 0 atom stereocenters. The molecule has 2 aromatic heterocycles. The van der Waals surface area contributed by atoms with Crippen LogP contribution in [0.5, 0.6) is 0 Å². The number of hydrogen-bond acceptors (Lipinski definition) is 2. The Morgan fingerprint density at radius 2 is 0.643 bits per heavy atom. The summed E-state index contributed by atoms with van der Waals surface area (Å²) < 4.78 is 90.1. The van der Waals surface area contributed by atoms with E-state index in [0.717, 1.165) is 0 Å². The molecule has 0 saturated heterocycles. The monoisotopic (exact) mass is 574 g/mol. The third-order valence-electron chi connectivity index (χ3n) is 6.60. The molecule has 6 rings (SSSR count). The van der Waals surface area contributed by atoms with Crippen LogP contribution < -0.4 is 0 Å². The van der Waals surface area contributed by atoms with Gasteiger partial charge in [0.25, 0.3) is 0 Å². The Hall–Kier alpha value is -5.12. The summed E-state index contributed by atoms with van der Waals surface area (Å²) in [4.78, 5) is 7.93. The average molecular weight is 575 g/mol. The van der Waals surface area contributed by atoms with E-state index >= 15 is 0 Å². The largest absolute Gasteiger partial charge is 0.451 e. The predicted molar refractivity (Wildman–Crippen MR) is 147 cm³/mol. The van der Waals surface area contributed by atoms with Gasteiger partial charge >= 0.3 is 12.4 Å². The van der Waals surface area contributed by atoms with E-state index in [1.54, 1.807) is 97.1 Å². The van der Waals surface area contributed by atoms with Gasteiger partial charge < -0.3 is 0 Å². The Morgan fingerprint density at radius 1 is 0.381 bits per heavy atom. The van der Waals surface area contributed by atoms with Gasteiger partial charge in [-0.1, -0.05) is 121 Å². The molecule has 210 valence electrons. The zero-order valence-corrected chi connectivity index (χ0v) is 21.6. The summed E-state index contributed by atoms with van der Waals surface area (Å²) in [6.45, 7) is 0. The van der Waals surface area contributed by atoms with Gasteiger partial charge in [0.05, 0.1) is 22.8 Å². The molecule has 0 unspecified atom stereocenters. The van der Waals surface area contributed by atoms with Crippen LogP contribution in [-0.2, 0) is 12.4 Å². The molecule has 0 spiro atoms. The van der Waals surface area contributed by atoms with Gasteiger partial charge in [0.15, 0.2) is 0 Å². The van der Waals surface area contributed by atoms with Gasteiger partial charge in [0.2, 0.25) is 11.6 Å². The standard InChI is InChI=1S/C32H20F6N4/c33-31(34,35)29-39-25(21-13-5-1-6-14-21)27(23-17-9-3-10-18-23)41(29)42-28(24-19-11-4-12-20-24)26(22-15-7-2-8-16-22)40-30(42)32(36,37)38/h1-20H. The van der Waals surface area contributed by atoms with Gasteiger partial charge in [-0.2, -0.15) is 26.3 Å². The van der Waals surface area contributed by atoms with E-state index in [1.165, 1.54) is 24.3 Å². The number of halogens is 6. The molecule has 0 saturated carbocycles. The van der Waals surface area contributed by atoms with Crippen LogP contribution in [0, 0.1) is 0 Å². The molecule has 0 N–H and O–H groups in total. The summed E-state index contributed by atoms with van der Waals surface area (Å²) in [5.74, 6) is -3.06. The second kappa shape index (κ2) is 10.4. The fourth-order valence-electron chi connectivity index (χ4n) is 4.89. The summed E-state index contributed by atoms with van der Waals surface area (Å²) in [7, 11) is 0. The summed E-state index contributed by atoms with van der Waals surface area (Å²) in [5.41, 5.74) is 0.482. The van der Waals surface area contributed by atoms with Crippen molar-refractivity contribution in [2.24, 2.45) is 0 Å². The van der Waals surface area contributed by atoms with Crippen molar-refractivity contribution in [2.45, 2.75) is 12.4 Å². The Kier molecular flexibility index (Phi) is 6.68. The highest BCUT2D eigenvalue weighted by Crippen LogP contribution is 2.44. The van der Waals surface area contributed by atoms with Crippen LogP contribution in [0.3, 0.4) is 0 Å². The first-order valence-electron chi connectivity index (χ1n) is 12.8. The van der Waals surface area contributed by atoms with Crippen LogP contribution in [0.25, 0.3) is 45.0 Å². The zero-order valence-electron chi connectivity index (χ0n) is 21.6. The van der Waals surface area contributed by atoms with Crippen molar-refractivity contribution >= 4 is 0 Å². The van der Waals surface area contributed by atoms with Crippen molar-refractivity contribution in [3.63, 3.8) is 0 Å². The van der Waals surface area contributed by atoms with Crippen LogP contribution in [0.1, 0.15) is 11.6 Å². The van der Waals surface area contributed by atoms with E-state index in [0.29, 0.717) is 20.5 Å². The second-order valence-corrected chi connectivity index (χ2v) is 9.35. The molecule has 4 nitrogen and oxygen atoms in total. The number of benzene rings is 4. The molecule has 0 bridgehead atoms. The highest BCUT2D eigenvalue weighted by molar-refractivity contribution is 5.82. The Bertz CT molecular complexity index is 1690. The van der Waals surface area contributed by atoms with Gasteiger partial charge in [-0.05, 0) is 0 Å². The van der Waals surface area contributed by atoms with E-state index in [9.17, 15) is 26.3 Å². The zero-order chi connectivity index (χ0) is 29.5. The SMILES string of the molecule is FC(F)(F)c1nc(-c2ccccc2)c(-c2ccccc2)n1-n1c(C(F)(F)F)nc(-c2ccccc2)c1-c1ccccc1. The van der Waals surface area contributed by atoms with Crippen molar-refractivity contribution in [3.05, 3.63) is 133 Å². The number of nitrogens with zero attached hydrogens (tertiary/aromatic N) is 4. The van der Waals surface area contributed by atoms with Crippen molar-refractivity contribution < 1.29 is 26.3 Å². The normalized spacial score (nSPS) is 12.0. The minimum atomic E-state index is -5.13. The first kappa shape index (κ1) is 27.1. The minimum absolute atomic E-state index is 0.128. The predicted octanol–water partition coefficient (Wildman–Crippen LogP) is 9.10. The Morgan fingerprint density at radius 3 is 0.905 bits per heavy atom. The topological polar surface area (TPSA) is 35.6 Å². The van der Waals surface area contributed by atoms with Crippen molar-refractivity contribution in [3.8, 4) is 45.0 Å². The minimum Gasteiger partial charge on any atom is -0.222 e. The van der Waals surface area contributed by atoms with E-state index in [-0.39, 0.29) is 33.9 Å². The van der Waals surface area contributed by atoms with Gasteiger partial charge in [-0.15, -0.1) is 0 Å². The highest BCUT2D eigenvalue weighted by Gasteiger charge is 2.45. The lowest BCUT2D eigenvalue weighted by atomic mass is 10.0. The molecule has 42 heavy (non-hydrogen) atoms. The second-order valence-electron chi connectivity index (χ2n) is 9.35. The fourth-order valence-corrected chi connectivity index (χ4v) is 4.89. The summed E-state index contributed by atoms with van der Waals surface area (Å²) >= 11 is 0. The number of hydrogen-bond donors (Lipinski definition) is 0. The van der Waals surface area contributed by atoms with E-state index in [4.69, 9.17) is 0 Å². The summed E-state index contributed by atoms with van der Waals surface area (Å²) in [6.07, 6.45) is -10.3. The summed E-state index contributed by atoms with van der Waals surface area (Å²) in [5, 5.41) is 0. The smallest absolute Gasteiger partial charge is 0.222 e. The Labute approximate surface area is 236 Å². The quantitative estimate of drug-likeness (QED) is 0.193. The van der Waals surface area contributed by atoms with Gasteiger partial charge in [-0.25, -0.2) is 19.3 Å². The molecule has 4 aromatic carbocycles. The van der Waals surface area contributed by atoms with Gasteiger partial charge in [0, 0.05) is 22.3 Å². The van der Waals surface area contributed by atoms with Crippen LogP contribution >= 0.6 is 0 Å². The van der Waals surface area contributed by atoms with E-state index < -0.39 is 24.0 Å². The molecule has 0 aliphatic carbocycles. The third-order valence-corrected chi connectivity index (χ3v) is 6.60. The maximum absolute atomic E-state index is 14.9. The molecule has 0 aliphatic heterocycles. The fraction of sp³-hybridized carbons (Fsp3) is 0.0625. The molecular weight excluding hydrogens is 554 g/mol. The molecule has 6 aromatic rings. The number of rotatable bonds is 5. The van der Waals surface area contributed by atoms with Gasteiger partial charge in [0.1, 0.15) is 0 Å². The van der Waals surface area contributed by atoms with Crippen LogP contribution in [-0.4, -0.2) is 19.3 Å². The number of aromatic nitrogens is 4. The molecule has 0 radical (unpaired) electrons. The average Bonchev–Trinajstić information content (AvgIpc) is 3.59. The number of alkyl halides is 6. The molecule has 2 heterocycles. The van der Waals surface area contributed by atoms with Crippen LogP contribution in [0.2, 0.25) is 0 Å². The molecular formula is C32H20F6N4. The molecule has 10 heteroatoms. The summed E-state index contributed by atoms with van der Waals surface area (Å²) in [6, 6.07) is 32.0. The lowest BCUT2D eigenvalue weighted by molar-refractivity contribution is -0.154. The van der Waals surface area contributed by atoms with Crippen LogP contribution in [0.4, 0.5) is 26.3 Å². The lowest BCUT2D eigenvalue weighted by Crippen LogP contribution is -2.26. The Balaban J connectivity index is 1.84. The number of imidazole rings is 2. The highest BCUT2D eigenvalue weighted by atomic mass is 19.4. The van der Waals surface area contributed by atoms with Gasteiger partial charge in [-0.3, -0.25) is 0 Å². The first-order valence-corrected chi connectivity index (χ1v) is 12.8. The first-order chi connectivity index (χ1) is 20.1. The molecule has 0 fully saturated rings.